The van der Waals surface area contributed by atoms with Crippen LogP contribution in [-0.2, 0) is 26.2 Å². The second kappa shape index (κ2) is 12.7. The predicted molar refractivity (Wildman–Crippen MR) is 158 cm³/mol. The molecule has 0 aromatic heterocycles. The smallest absolute Gasteiger partial charge is 0.264 e. The number of carbonyl (C=O) groups is 2. The third kappa shape index (κ3) is 6.73. The second-order valence-electron chi connectivity index (χ2n) is 10.7. The van der Waals surface area contributed by atoms with Crippen LogP contribution < -0.4 is 9.62 Å². The summed E-state index contributed by atoms with van der Waals surface area (Å²) in [5.74, 6) is -0.673. The van der Waals surface area contributed by atoms with Gasteiger partial charge in [-0.15, -0.1) is 0 Å². The highest BCUT2D eigenvalue weighted by atomic mass is 32.2. The molecule has 3 aromatic rings. The molecule has 1 aliphatic carbocycles. The predicted octanol–water partition coefficient (Wildman–Crippen LogP) is 5.28. The van der Waals surface area contributed by atoms with Gasteiger partial charge in [0.05, 0.1) is 10.6 Å². The van der Waals surface area contributed by atoms with E-state index in [1.54, 1.807) is 37.3 Å². The highest BCUT2D eigenvalue weighted by Crippen LogP contribution is 2.29. The number of hydrogen-bond acceptors (Lipinski definition) is 4. The van der Waals surface area contributed by atoms with E-state index < -0.39 is 28.5 Å². The fourth-order valence-electron chi connectivity index (χ4n) is 5.22. The second-order valence-corrected chi connectivity index (χ2v) is 12.6. The van der Waals surface area contributed by atoms with E-state index in [1.165, 1.54) is 21.3 Å². The fraction of sp³-hybridized carbons (Fsp3) is 0.375. The van der Waals surface area contributed by atoms with Crippen LogP contribution in [0.1, 0.15) is 54.9 Å². The van der Waals surface area contributed by atoms with Crippen LogP contribution in [-0.4, -0.2) is 43.8 Å². The Balaban J connectivity index is 1.71. The molecule has 0 radical (unpaired) electrons. The normalized spacial score (nSPS) is 14.5. The number of sulfonamides is 1. The van der Waals surface area contributed by atoms with Crippen molar-refractivity contribution in [1.82, 2.24) is 10.2 Å². The summed E-state index contributed by atoms with van der Waals surface area (Å²) in [7, 11) is -4.08. The molecular formula is C32H39N3O4S. The molecule has 0 spiro atoms. The molecule has 1 aliphatic rings. The Hall–Kier alpha value is -3.65. The summed E-state index contributed by atoms with van der Waals surface area (Å²) in [6.45, 7) is 7.20. The monoisotopic (exact) mass is 561 g/mol. The minimum absolute atomic E-state index is 0.0981. The number of anilines is 1. The molecule has 1 saturated carbocycles. The van der Waals surface area contributed by atoms with Crippen LogP contribution in [0.2, 0.25) is 0 Å². The van der Waals surface area contributed by atoms with Crippen molar-refractivity contribution in [3.63, 3.8) is 0 Å². The minimum Gasteiger partial charge on any atom is -0.352 e. The molecule has 212 valence electrons. The van der Waals surface area contributed by atoms with Crippen LogP contribution in [0.25, 0.3) is 0 Å². The lowest BCUT2D eigenvalue weighted by atomic mass is 10.1. The van der Waals surface area contributed by atoms with E-state index in [0.29, 0.717) is 5.69 Å². The van der Waals surface area contributed by atoms with Crippen molar-refractivity contribution >= 4 is 27.5 Å². The van der Waals surface area contributed by atoms with Crippen LogP contribution in [0.15, 0.2) is 77.7 Å². The summed E-state index contributed by atoms with van der Waals surface area (Å²) in [6, 6.07) is 20.7. The molecule has 0 aliphatic heterocycles. The zero-order valence-corrected chi connectivity index (χ0v) is 24.6. The van der Waals surface area contributed by atoms with Crippen molar-refractivity contribution in [2.75, 3.05) is 10.8 Å². The van der Waals surface area contributed by atoms with Gasteiger partial charge in [0, 0.05) is 12.6 Å². The van der Waals surface area contributed by atoms with Crippen LogP contribution in [0.5, 0.6) is 0 Å². The van der Waals surface area contributed by atoms with Crippen LogP contribution in [0.4, 0.5) is 5.69 Å². The van der Waals surface area contributed by atoms with Gasteiger partial charge in [-0.05, 0) is 75.4 Å². The lowest BCUT2D eigenvalue weighted by molar-refractivity contribution is -0.139. The van der Waals surface area contributed by atoms with Crippen molar-refractivity contribution in [1.29, 1.82) is 0 Å². The average Bonchev–Trinajstić information content (AvgIpc) is 3.45. The van der Waals surface area contributed by atoms with Crippen molar-refractivity contribution in [2.45, 2.75) is 76.9 Å². The number of aryl methyl sites for hydroxylation is 2. The summed E-state index contributed by atoms with van der Waals surface area (Å²) in [5.41, 5.74) is 4.04. The largest absolute Gasteiger partial charge is 0.352 e. The number of amides is 2. The minimum atomic E-state index is -4.08. The molecular weight excluding hydrogens is 522 g/mol. The number of rotatable bonds is 10. The van der Waals surface area contributed by atoms with Gasteiger partial charge in [0.1, 0.15) is 12.6 Å². The Kier molecular flexibility index (Phi) is 9.30. The third-order valence-corrected chi connectivity index (χ3v) is 9.53. The van der Waals surface area contributed by atoms with Gasteiger partial charge in [0.2, 0.25) is 11.8 Å². The first kappa shape index (κ1) is 29.3. The molecule has 1 atom stereocenters. The maximum Gasteiger partial charge on any atom is 0.264 e. The van der Waals surface area contributed by atoms with Gasteiger partial charge < -0.3 is 10.2 Å². The standard InChI is InChI=1S/C32H39N3O4S/c1-23-12-10-14-27(20-23)21-34(26(4)32(37)33-28-15-8-9-16-28)31(36)22-35(30-19-11-13-24(2)25(30)3)40(38,39)29-17-6-5-7-18-29/h5-7,10-14,17-20,26,28H,8-9,15-16,21-22H2,1-4H3,(H,33,37)/t26-/m1/s1. The zero-order valence-electron chi connectivity index (χ0n) is 23.8. The van der Waals surface area contributed by atoms with Crippen LogP contribution in [0, 0.1) is 20.8 Å². The molecule has 0 unspecified atom stereocenters. The van der Waals surface area contributed by atoms with Crippen molar-refractivity contribution in [3.8, 4) is 0 Å². The number of carbonyl (C=O) groups excluding carboxylic acids is 2. The number of hydrogen-bond donors (Lipinski definition) is 1. The lowest BCUT2D eigenvalue weighted by Crippen LogP contribution is -2.52. The summed E-state index contributed by atoms with van der Waals surface area (Å²) in [5, 5.41) is 3.10. The van der Waals surface area contributed by atoms with E-state index in [-0.39, 0.29) is 23.4 Å². The van der Waals surface area contributed by atoms with E-state index in [0.717, 1.165) is 47.9 Å². The number of nitrogens with zero attached hydrogens (tertiary/aromatic N) is 2. The highest BCUT2D eigenvalue weighted by molar-refractivity contribution is 7.92. The summed E-state index contributed by atoms with van der Waals surface area (Å²) in [6.07, 6.45) is 4.01. The van der Waals surface area contributed by atoms with E-state index in [9.17, 15) is 18.0 Å². The summed E-state index contributed by atoms with van der Waals surface area (Å²) in [4.78, 5) is 29.0. The molecule has 1 N–H and O–H groups in total. The topological polar surface area (TPSA) is 86.8 Å². The molecule has 4 rings (SSSR count). The van der Waals surface area contributed by atoms with Gasteiger partial charge in [-0.2, -0.15) is 0 Å². The van der Waals surface area contributed by atoms with Gasteiger partial charge in [-0.1, -0.05) is 73.0 Å². The highest BCUT2D eigenvalue weighted by Gasteiger charge is 2.34. The zero-order chi connectivity index (χ0) is 28.9. The molecule has 2 amide bonds. The number of benzene rings is 3. The fourth-order valence-corrected chi connectivity index (χ4v) is 6.71. The molecule has 8 heteroatoms. The van der Waals surface area contributed by atoms with Crippen molar-refractivity contribution in [2.24, 2.45) is 0 Å². The Labute approximate surface area is 238 Å². The molecule has 1 fully saturated rings. The Bertz CT molecular complexity index is 1450. The Morgan fingerprint density at radius 1 is 0.925 bits per heavy atom. The molecule has 0 bridgehead atoms. The molecule has 40 heavy (non-hydrogen) atoms. The van der Waals surface area contributed by atoms with Crippen LogP contribution >= 0.6 is 0 Å². The van der Waals surface area contributed by atoms with Crippen LogP contribution in [0.3, 0.4) is 0 Å². The van der Waals surface area contributed by atoms with Gasteiger partial charge in [0.25, 0.3) is 10.0 Å². The molecule has 3 aromatic carbocycles. The van der Waals surface area contributed by atoms with E-state index in [2.05, 4.69) is 5.32 Å². The third-order valence-electron chi connectivity index (χ3n) is 7.76. The average molecular weight is 562 g/mol. The Morgan fingerprint density at radius 2 is 1.60 bits per heavy atom. The first-order valence-corrected chi connectivity index (χ1v) is 15.3. The number of nitrogens with one attached hydrogen (secondary N) is 1. The molecule has 7 nitrogen and oxygen atoms in total. The quantitative estimate of drug-likeness (QED) is 0.365. The molecule has 0 saturated heterocycles. The van der Waals surface area contributed by atoms with Gasteiger partial charge in [0.15, 0.2) is 0 Å². The summed E-state index contributed by atoms with van der Waals surface area (Å²) >= 11 is 0. The summed E-state index contributed by atoms with van der Waals surface area (Å²) < 4.78 is 29.1. The van der Waals surface area contributed by atoms with E-state index in [1.807, 2.05) is 51.1 Å². The van der Waals surface area contributed by atoms with Crippen molar-refractivity contribution < 1.29 is 18.0 Å². The van der Waals surface area contributed by atoms with Gasteiger partial charge in [-0.3, -0.25) is 13.9 Å². The first-order chi connectivity index (χ1) is 19.1. The van der Waals surface area contributed by atoms with Crippen molar-refractivity contribution in [3.05, 3.63) is 95.1 Å². The maximum absolute atomic E-state index is 14.1. The van der Waals surface area contributed by atoms with Gasteiger partial charge >= 0.3 is 0 Å². The Morgan fingerprint density at radius 3 is 2.27 bits per heavy atom. The lowest BCUT2D eigenvalue weighted by Gasteiger charge is -2.33. The molecule has 0 heterocycles. The first-order valence-electron chi connectivity index (χ1n) is 13.9. The maximum atomic E-state index is 14.1. The van der Waals surface area contributed by atoms with E-state index in [4.69, 9.17) is 0 Å². The van der Waals surface area contributed by atoms with E-state index >= 15 is 0 Å². The SMILES string of the molecule is Cc1cccc(CN(C(=O)CN(c2cccc(C)c2C)S(=O)(=O)c2ccccc2)[C@H](C)C(=O)NC2CCCC2)c1. The van der Waals surface area contributed by atoms with Gasteiger partial charge in [-0.25, -0.2) is 8.42 Å².